The van der Waals surface area contributed by atoms with E-state index in [0.29, 0.717) is 6.61 Å². The summed E-state index contributed by atoms with van der Waals surface area (Å²) in [4.78, 5) is 11.1. The topological polar surface area (TPSA) is 26.3 Å². The van der Waals surface area contributed by atoms with Crippen LogP contribution in [-0.2, 0) is 14.7 Å². The van der Waals surface area contributed by atoms with Gasteiger partial charge >= 0.3 is 0 Å². The first-order chi connectivity index (χ1) is 12.3. The number of rotatable bonds is 7. The average molecular weight is 348 g/mol. The van der Waals surface area contributed by atoms with Gasteiger partial charge in [-0.25, -0.2) is 0 Å². The van der Waals surface area contributed by atoms with Crippen molar-refractivity contribution >= 4 is 14.2 Å². The lowest BCUT2D eigenvalue weighted by Gasteiger charge is -2.36. The molecular weight excluding hydrogens is 327 g/mol. The van der Waals surface area contributed by atoms with Crippen molar-refractivity contribution in [3.8, 4) is 0 Å². The quantitative estimate of drug-likeness (QED) is 0.331. The summed E-state index contributed by atoms with van der Waals surface area (Å²) < 4.78 is 6.02. The monoisotopic (exact) mass is 348 g/mol. The van der Waals surface area contributed by atoms with Gasteiger partial charge in [-0.2, -0.15) is 0 Å². The molecule has 126 valence electrons. The maximum Gasteiger partial charge on any atom is 0.168 e. The van der Waals surface area contributed by atoms with Crippen LogP contribution in [0.1, 0.15) is 16.7 Å². The molecule has 2 nitrogen and oxygen atoms in total. The van der Waals surface area contributed by atoms with Crippen LogP contribution in [-0.4, -0.2) is 19.3 Å². The summed E-state index contributed by atoms with van der Waals surface area (Å²) in [6.07, 6.45) is 0. The molecular formula is C22H21O2P. The molecule has 0 heterocycles. The maximum atomic E-state index is 11.1. The van der Waals surface area contributed by atoms with E-state index in [9.17, 15) is 4.79 Å². The zero-order chi connectivity index (χ0) is 17.5. The first kappa shape index (κ1) is 17.5. The predicted octanol–water partition coefficient (Wildman–Crippen LogP) is 5.25. The Balaban J connectivity index is 2.22. The van der Waals surface area contributed by atoms with Gasteiger partial charge in [0.1, 0.15) is 0 Å². The number of hydrogen-bond donors (Lipinski definition) is 0. The highest BCUT2D eigenvalue weighted by atomic mass is 31.1. The van der Waals surface area contributed by atoms with Gasteiger partial charge in [0.05, 0.1) is 20.2 Å². The van der Waals surface area contributed by atoms with Crippen LogP contribution in [0.3, 0.4) is 0 Å². The molecule has 0 radical (unpaired) electrons. The first-order valence-electron chi connectivity index (χ1n) is 8.25. The molecule has 0 spiro atoms. The van der Waals surface area contributed by atoms with Crippen molar-refractivity contribution in [1.82, 2.24) is 0 Å². The van der Waals surface area contributed by atoms with Gasteiger partial charge in [0.15, 0.2) is 6.03 Å². The second-order valence-electron chi connectivity index (χ2n) is 5.93. The van der Waals surface area contributed by atoms with Crippen molar-refractivity contribution in [2.45, 2.75) is 5.41 Å². The van der Waals surface area contributed by atoms with Crippen LogP contribution in [0.5, 0.6) is 0 Å². The summed E-state index contributed by atoms with van der Waals surface area (Å²) in [6, 6.07) is 32.0. The number of carbonyl (C=O) groups is 1. The standard InChI is InChI=1S/C22H21O2P/c1-25(18-23)24-17-22(19-11-5-2-6-12-19,20-13-7-3-8-14-20)21-15-9-4-10-16-21/h2-16,18H,17H2,1H3. The highest BCUT2D eigenvalue weighted by Gasteiger charge is 2.37. The van der Waals surface area contributed by atoms with E-state index < -0.39 is 13.6 Å². The van der Waals surface area contributed by atoms with E-state index in [1.165, 1.54) is 0 Å². The van der Waals surface area contributed by atoms with E-state index in [4.69, 9.17) is 4.52 Å². The zero-order valence-electron chi connectivity index (χ0n) is 14.2. The largest absolute Gasteiger partial charge is 0.350 e. The van der Waals surface area contributed by atoms with Gasteiger partial charge in [-0.1, -0.05) is 91.0 Å². The van der Waals surface area contributed by atoms with E-state index in [0.717, 1.165) is 22.7 Å². The van der Waals surface area contributed by atoms with Gasteiger partial charge in [0.2, 0.25) is 0 Å². The second kappa shape index (κ2) is 8.20. The van der Waals surface area contributed by atoms with E-state index in [-0.39, 0.29) is 0 Å². The van der Waals surface area contributed by atoms with Gasteiger partial charge < -0.3 is 4.52 Å². The number of benzene rings is 3. The Morgan fingerprint density at radius 2 is 1.12 bits per heavy atom. The van der Waals surface area contributed by atoms with Crippen LogP contribution < -0.4 is 0 Å². The molecule has 3 aromatic carbocycles. The molecule has 0 aromatic heterocycles. The van der Waals surface area contributed by atoms with Crippen LogP contribution in [0, 0.1) is 0 Å². The fraction of sp³-hybridized carbons (Fsp3) is 0.136. The van der Waals surface area contributed by atoms with Gasteiger partial charge in [-0.05, 0) is 23.4 Å². The molecule has 0 aliphatic carbocycles. The molecule has 0 N–H and O–H groups in total. The van der Waals surface area contributed by atoms with Crippen LogP contribution in [0.4, 0.5) is 0 Å². The predicted molar refractivity (Wildman–Crippen MR) is 105 cm³/mol. The molecule has 0 saturated carbocycles. The van der Waals surface area contributed by atoms with Gasteiger partial charge in [0, 0.05) is 0 Å². The zero-order valence-corrected chi connectivity index (χ0v) is 15.1. The minimum Gasteiger partial charge on any atom is -0.350 e. The first-order valence-corrected chi connectivity index (χ1v) is 10.0. The SMILES string of the molecule is CP(C=O)OCC(c1ccccc1)(c1ccccc1)c1ccccc1. The molecule has 25 heavy (non-hydrogen) atoms. The molecule has 0 aliphatic rings. The normalized spacial score (nSPS) is 12.5. The van der Waals surface area contributed by atoms with Crippen LogP contribution in [0.25, 0.3) is 0 Å². The molecule has 1 unspecified atom stereocenters. The summed E-state index contributed by atoms with van der Waals surface area (Å²) >= 11 is 0. The third-order valence-electron chi connectivity index (χ3n) is 4.43. The van der Waals surface area contributed by atoms with Gasteiger partial charge in [0.25, 0.3) is 0 Å². The van der Waals surface area contributed by atoms with Crippen molar-refractivity contribution in [1.29, 1.82) is 0 Å². The average Bonchev–Trinajstić information content (AvgIpc) is 2.71. The van der Waals surface area contributed by atoms with Crippen LogP contribution in [0.2, 0.25) is 0 Å². The third kappa shape index (κ3) is 3.71. The third-order valence-corrected chi connectivity index (χ3v) is 5.27. The Morgan fingerprint density at radius 3 is 1.44 bits per heavy atom. The fourth-order valence-corrected chi connectivity index (χ4v) is 3.61. The molecule has 3 heteroatoms. The highest BCUT2D eigenvalue weighted by molar-refractivity contribution is 7.67. The molecule has 3 rings (SSSR count). The van der Waals surface area contributed by atoms with E-state index in [1.54, 1.807) is 0 Å². The summed E-state index contributed by atoms with van der Waals surface area (Å²) in [5.74, 6) is 0. The van der Waals surface area contributed by atoms with Crippen molar-refractivity contribution in [3.63, 3.8) is 0 Å². The van der Waals surface area contributed by atoms with E-state index in [1.807, 2.05) is 61.3 Å². The van der Waals surface area contributed by atoms with Crippen LogP contribution >= 0.6 is 8.15 Å². The molecule has 0 aliphatic heterocycles. The number of hydrogen-bond acceptors (Lipinski definition) is 2. The summed E-state index contributed by atoms with van der Waals surface area (Å²) in [7, 11) is -1.09. The molecule has 1 atom stereocenters. The fourth-order valence-electron chi connectivity index (χ4n) is 3.15. The van der Waals surface area contributed by atoms with Crippen LogP contribution in [0.15, 0.2) is 91.0 Å². The Labute approximate surface area is 150 Å². The highest BCUT2D eigenvalue weighted by Crippen LogP contribution is 2.42. The second-order valence-corrected chi connectivity index (χ2v) is 7.49. The lowest BCUT2D eigenvalue weighted by molar-refractivity contribution is 0.297. The smallest absolute Gasteiger partial charge is 0.168 e. The van der Waals surface area contributed by atoms with Crippen molar-refractivity contribution in [2.75, 3.05) is 13.3 Å². The Morgan fingerprint density at radius 1 is 0.760 bits per heavy atom. The Kier molecular flexibility index (Phi) is 5.75. The minimum atomic E-state index is -1.09. The molecule has 0 bridgehead atoms. The maximum absolute atomic E-state index is 11.1. The minimum absolute atomic E-state index is 0.423. The summed E-state index contributed by atoms with van der Waals surface area (Å²) in [5, 5.41) is 0. The lowest BCUT2D eigenvalue weighted by atomic mass is 9.70. The number of carbonyl (C=O) groups excluding carboxylic acids is 1. The van der Waals surface area contributed by atoms with Gasteiger partial charge in [-0.3, -0.25) is 4.79 Å². The Bertz CT molecular complexity index is 691. The molecule has 0 saturated heterocycles. The lowest BCUT2D eigenvalue weighted by Crippen LogP contribution is -2.34. The summed E-state index contributed by atoms with van der Waals surface area (Å²) in [6.45, 7) is 2.26. The van der Waals surface area contributed by atoms with E-state index in [2.05, 4.69) is 36.4 Å². The van der Waals surface area contributed by atoms with Crippen molar-refractivity contribution in [3.05, 3.63) is 108 Å². The molecule has 0 amide bonds. The van der Waals surface area contributed by atoms with Gasteiger partial charge in [-0.15, -0.1) is 0 Å². The van der Waals surface area contributed by atoms with Crippen molar-refractivity contribution in [2.24, 2.45) is 0 Å². The summed E-state index contributed by atoms with van der Waals surface area (Å²) in [5.41, 5.74) is 3.01. The molecule has 3 aromatic rings. The van der Waals surface area contributed by atoms with E-state index >= 15 is 0 Å². The molecule has 0 fully saturated rings. The Hall–Kier alpha value is -2.28. The van der Waals surface area contributed by atoms with Crippen molar-refractivity contribution < 1.29 is 9.32 Å².